The van der Waals surface area contributed by atoms with E-state index in [1.54, 1.807) is 0 Å². The zero-order valence-electron chi connectivity index (χ0n) is 10.9. The zero-order chi connectivity index (χ0) is 13.3. The maximum absolute atomic E-state index is 5.33. The van der Waals surface area contributed by atoms with Crippen LogP contribution in [0.15, 0.2) is 47.6 Å². The average Bonchev–Trinajstić information content (AvgIpc) is 2.46. The first-order chi connectivity index (χ1) is 9.38. The van der Waals surface area contributed by atoms with Crippen LogP contribution in [0.3, 0.4) is 0 Å². The summed E-state index contributed by atoms with van der Waals surface area (Å²) >= 11 is 1.82. The molecular formula is C14H17N3OS. The molecule has 1 aromatic carbocycles. The molecule has 0 aliphatic heterocycles. The van der Waals surface area contributed by atoms with Crippen molar-refractivity contribution in [1.29, 1.82) is 0 Å². The molecule has 1 N–H and O–H groups in total. The zero-order valence-corrected chi connectivity index (χ0v) is 11.7. The molecule has 1 aromatic heterocycles. The molecule has 0 saturated carbocycles. The minimum atomic E-state index is 0.607. The van der Waals surface area contributed by atoms with E-state index in [1.165, 1.54) is 11.2 Å². The number of aromatic nitrogens is 2. The van der Waals surface area contributed by atoms with Crippen LogP contribution >= 0.6 is 11.8 Å². The summed E-state index contributed by atoms with van der Waals surface area (Å²) in [6.07, 6.45) is 1.51. The Bertz CT molecular complexity index is 493. The lowest BCUT2D eigenvalue weighted by Gasteiger charge is -2.07. The fourth-order valence-electron chi connectivity index (χ4n) is 1.53. The highest BCUT2D eigenvalue weighted by Crippen LogP contribution is 2.17. The second kappa shape index (κ2) is 7.63. The third-order valence-corrected chi connectivity index (χ3v) is 3.37. The van der Waals surface area contributed by atoms with Gasteiger partial charge in [-0.15, -0.1) is 11.8 Å². The smallest absolute Gasteiger partial charge is 0.218 e. The number of ether oxygens (including phenoxy) is 1. The van der Waals surface area contributed by atoms with Crippen molar-refractivity contribution in [2.24, 2.45) is 0 Å². The van der Waals surface area contributed by atoms with E-state index in [0.29, 0.717) is 12.5 Å². The lowest BCUT2D eigenvalue weighted by Crippen LogP contribution is -2.06. The number of thioether (sulfide) groups is 1. The van der Waals surface area contributed by atoms with Crippen LogP contribution in [0, 0.1) is 0 Å². The van der Waals surface area contributed by atoms with Crippen molar-refractivity contribution in [3.63, 3.8) is 0 Å². The largest absolute Gasteiger partial charge is 0.478 e. The molecule has 0 amide bonds. The Labute approximate surface area is 117 Å². The van der Waals surface area contributed by atoms with Gasteiger partial charge in [-0.1, -0.05) is 18.2 Å². The molecule has 0 aliphatic carbocycles. The molecule has 0 atom stereocenters. The van der Waals surface area contributed by atoms with Crippen molar-refractivity contribution in [2.75, 3.05) is 24.2 Å². The summed E-state index contributed by atoms with van der Waals surface area (Å²) in [6.45, 7) is 3.40. The summed E-state index contributed by atoms with van der Waals surface area (Å²) in [7, 11) is 0. The molecule has 5 heteroatoms. The van der Waals surface area contributed by atoms with E-state index >= 15 is 0 Å². The Morgan fingerprint density at radius 3 is 2.84 bits per heavy atom. The third-order valence-electron chi connectivity index (χ3n) is 2.35. The molecular weight excluding hydrogens is 258 g/mol. The topological polar surface area (TPSA) is 47.0 Å². The van der Waals surface area contributed by atoms with Gasteiger partial charge in [0.25, 0.3) is 0 Å². The Hall–Kier alpha value is -1.75. The van der Waals surface area contributed by atoms with Crippen molar-refractivity contribution >= 4 is 17.6 Å². The summed E-state index contributed by atoms with van der Waals surface area (Å²) in [6, 6.07) is 12.2. The van der Waals surface area contributed by atoms with Crippen LogP contribution in [-0.4, -0.2) is 28.9 Å². The molecule has 0 saturated heterocycles. The quantitative estimate of drug-likeness (QED) is 0.621. The molecule has 0 spiro atoms. The normalized spacial score (nSPS) is 10.2. The van der Waals surface area contributed by atoms with Gasteiger partial charge in [-0.05, 0) is 19.1 Å². The maximum atomic E-state index is 5.33. The average molecular weight is 275 g/mol. The molecule has 0 aliphatic rings. The first-order valence-electron chi connectivity index (χ1n) is 6.25. The predicted octanol–water partition coefficient (Wildman–Crippen LogP) is 3.08. The van der Waals surface area contributed by atoms with E-state index in [4.69, 9.17) is 4.74 Å². The van der Waals surface area contributed by atoms with Crippen molar-refractivity contribution in [3.8, 4) is 5.88 Å². The standard InChI is InChI=1S/C14H17N3OS/c1-2-18-14-10-13(16-11-17-14)15-8-9-19-12-6-4-3-5-7-12/h3-7,10-11H,2,8-9H2,1H3,(H,15,16,17). The van der Waals surface area contributed by atoms with Crippen molar-refractivity contribution in [3.05, 3.63) is 42.7 Å². The summed E-state index contributed by atoms with van der Waals surface area (Å²) < 4.78 is 5.33. The van der Waals surface area contributed by atoms with Gasteiger partial charge >= 0.3 is 0 Å². The highest BCUT2D eigenvalue weighted by atomic mass is 32.2. The van der Waals surface area contributed by atoms with E-state index < -0.39 is 0 Å². The van der Waals surface area contributed by atoms with Gasteiger partial charge in [-0.25, -0.2) is 9.97 Å². The minimum Gasteiger partial charge on any atom is -0.478 e. The molecule has 4 nitrogen and oxygen atoms in total. The fraction of sp³-hybridized carbons (Fsp3) is 0.286. The number of hydrogen-bond acceptors (Lipinski definition) is 5. The van der Waals surface area contributed by atoms with Crippen LogP contribution in [0.4, 0.5) is 5.82 Å². The molecule has 100 valence electrons. The predicted molar refractivity (Wildman–Crippen MR) is 78.9 cm³/mol. The Balaban J connectivity index is 1.75. The highest BCUT2D eigenvalue weighted by molar-refractivity contribution is 7.99. The van der Waals surface area contributed by atoms with Crippen LogP contribution in [0.2, 0.25) is 0 Å². The maximum Gasteiger partial charge on any atom is 0.218 e. The number of rotatable bonds is 7. The summed E-state index contributed by atoms with van der Waals surface area (Å²) in [5, 5.41) is 3.26. The number of nitrogens with one attached hydrogen (secondary N) is 1. The van der Waals surface area contributed by atoms with E-state index in [2.05, 4.69) is 39.6 Å². The molecule has 2 rings (SSSR count). The number of benzene rings is 1. The third kappa shape index (κ3) is 4.79. The number of anilines is 1. The van der Waals surface area contributed by atoms with Crippen molar-refractivity contribution in [2.45, 2.75) is 11.8 Å². The Morgan fingerprint density at radius 2 is 2.05 bits per heavy atom. The van der Waals surface area contributed by atoms with Gasteiger partial charge in [0, 0.05) is 23.3 Å². The second-order valence-electron chi connectivity index (χ2n) is 3.76. The number of hydrogen-bond donors (Lipinski definition) is 1. The van der Waals surface area contributed by atoms with Crippen LogP contribution in [-0.2, 0) is 0 Å². The van der Waals surface area contributed by atoms with Crippen LogP contribution < -0.4 is 10.1 Å². The van der Waals surface area contributed by atoms with Crippen molar-refractivity contribution in [1.82, 2.24) is 9.97 Å². The van der Waals surface area contributed by atoms with E-state index in [1.807, 2.05) is 30.8 Å². The minimum absolute atomic E-state index is 0.607. The lowest BCUT2D eigenvalue weighted by molar-refractivity contribution is 0.326. The van der Waals surface area contributed by atoms with Crippen LogP contribution in [0.1, 0.15) is 6.92 Å². The molecule has 0 fully saturated rings. The lowest BCUT2D eigenvalue weighted by atomic mass is 10.4. The Morgan fingerprint density at radius 1 is 1.21 bits per heavy atom. The van der Waals surface area contributed by atoms with E-state index in [-0.39, 0.29) is 0 Å². The van der Waals surface area contributed by atoms with Gasteiger partial charge in [0.1, 0.15) is 12.1 Å². The van der Waals surface area contributed by atoms with Crippen LogP contribution in [0.25, 0.3) is 0 Å². The molecule has 0 unspecified atom stereocenters. The molecule has 0 bridgehead atoms. The highest BCUT2D eigenvalue weighted by Gasteiger charge is 1.98. The van der Waals surface area contributed by atoms with Gasteiger partial charge in [0.15, 0.2) is 0 Å². The fourth-order valence-corrected chi connectivity index (χ4v) is 2.32. The summed E-state index contributed by atoms with van der Waals surface area (Å²) in [5.74, 6) is 2.39. The first kappa shape index (κ1) is 13.7. The van der Waals surface area contributed by atoms with Crippen molar-refractivity contribution < 1.29 is 4.74 Å². The van der Waals surface area contributed by atoms with Gasteiger partial charge in [-0.3, -0.25) is 0 Å². The number of nitrogens with zero attached hydrogens (tertiary/aromatic N) is 2. The molecule has 1 heterocycles. The SMILES string of the molecule is CCOc1cc(NCCSc2ccccc2)ncn1. The van der Waals surface area contributed by atoms with Crippen LogP contribution in [0.5, 0.6) is 5.88 Å². The monoisotopic (exact) mass is 275 g/mol. The van der Waals surface area contributed by atoms with Gasteiger partial charge < -0.3 is 10.1 Å². The van der Waals surface area contributed by atoms with Gasteiger partial charge in [0.2, 0.25) is 5.88 Å². The summed E-state index contributed by atoms with van der Waals surface area (Å²) in [5.41, 5.74) is 0. The second-order valence-corrected chi connectivity index (χ2v) is 4.93. The van der Waals surface area contributed by atoms with E-state index in [0.717, 1.165) is 18.1 Å². The van der Waals surface area contributed by atoms with E-state index in [9.17, 15) is 0 Å². The molecule has 0 radical (unpaired) electrons. The van der Waals surface area contributed by atoms with Gasteiger partial charge in [0.05, 0.1) is 6.61 Å². The van der Waals surface area contributed by atoms with Gasteiger partial charge in [-0.2, -0.15) is 0 Å². The summed E-state index contributed by atoms with van der Waals surface area (Å²) in [4.78, 5) is 9.46. The Kier molecular flexibility index (Phi) is 5.49. The first-order valence-corrected chi connectivity index (χ1v) is 7.23. The molecule has 2 aromatic rings. The molecule has 19 heavy (non-hydrogen) atoms.